The van der Waals surface area contributed by atoms with E-state index in [-0.39, 0.29) is 30.0 Å². The monoisotopic (exact) mass is 468 g/mol. The minimum atomic E-state index is -0.0181. The standard InChI is InChI=1S/C14H18Cl2N6.HI/c1-9(11-5-4-10(15)6-12(11)16)20-14(17-2)18-7-13-21-19-8-22(13)3;/h4-6,8-9H,7H2,1-3H3,(H2,17,18,20);1H. The topological polar surface area (TPSA) is 67.1 Å². The first-order chi connectivity index (χ1) is 10.5. The first-order valence-corrected chi connectivity index (χ1v) is 7.52. The van der Waals surface area contributed by atoms with Gasteiger partial charge in [0.15, 0.2) is 11.8 Å². The molecule has 1 unspecified atom stereocenters. The summed E-state index contributed by atoms with van der Waals surface area (Å²) in [6.45, 7) is 2.53. The Morgan fingerprint density at radius 2 is 2.13 bits per heavy atom. The number of halogens is 3. The molecule has 0 bridgehead atoms. The summed E-state index contributed by atoms with van der Waals surface area (Å²) >= 11 is 12.1. The fourth-order valence-corrected chi connectivity index (χ4v) is 2.53. The zero-order valence-electron chi connectivity index (χ0n) is 13.0. The van der Waals surface area contributed by atoms with Crippen molar-refractivity contribution in [1.29, 1.82) is 0 Å². The molecule has 0 saturated carbocycles. The molecule has 0 fully saturated rings. The van der Waals surface area contributed by atoms with E-state index in [1.165, 1.54) is 0 Å². The third kappa shape index (κ3) is 5.50. The highest BCUT2D eigenvalue weighted by molar-refractivity contribution is 14.0. The highest BCUT2D eigenvalue weighted by atomic mass is 127. The summed E-state index contributed by atoms with van der Waals surface area (Å²) in [5.41, 5.74) is 0.952. The number of nitrogens with one attached hydrogen (secondary N) is 2. The highest BCUT2D eigenvalue weighted by Crippen LogP contribution is 2.25. The fraction of sp³-hybridized carbons (Fsp3) is 0.357. The average molecular weight is 469 g/mol. The van der Waals surface area contributed by atoms with Crippen molar-refractivity contribution in [2.24, 2.45) is 12.0 Å². The molecular weight excluding hydrogens is 450 g/mol. The van der Waals surface area contributed by atoms with Crippen LogP contribution in [0.2, 0.25) is 10.0 Å². The summed E-state index contributed by atoms with van der Waals surface area (Å²) in [6, 6.07) is 5.43. The number of benzene rings is 1. The van der Waals surface area contributed by atoms with Crippen LogP contribution in [0.4, 0.5) is 0 Å². The number of hydrogen-bond donors (Lipinski definition) is 2. The van der Waals surface area contributed by atoms with Crippen molar-refractivity contribution in [2.45, 2.75) is 19.5 Å². The Labute approximate surface area is 162 Å². The minimum Gasteiger partial charge on any atom is -0.350 e. The van der Waals surface area contributed by atoms with Crippen molar-refractivity contribution in [3.63, 3.8) is 0 Å². The van der Waals surface area contributed by atoms with Crippen LogP contribution in [0.1, 0.15) is 24.4 Å². The van der Waals surface area contributed by atoms with E-state index in [9.17, 15) is 0 Å². The molecule has 0 spiro atoms. The predicted octanol–water partition coefficient (Wildman–Crippen LogP) is 3.17. The Morgan fingerprint density at radius 1 is 1.39 bits per heavy atom. The molecule has 0 amide bonds. The molecule has 2 rings (SSSR count). The number of guanidine groups is 1. The molecule has 126 valence electrons. The third-order valence-electron chi connectivity index (χ3n) is 3.22. The summed E-state index contributed by atoms with van der Waals surface area (Å²) in [5, 5.41) is 15.6. The van der Waals surface area contributed by atoms with Crippen molar-refractivity contribution < 1.29 is 0 Å². The van der Waals surface area contributed by atoms with Gasteiger partial charge in [-0.2, -0.15) is 0 Å². The number of aliphatic imine (C=N–C) groups is 1. The largest absolute Gasteiger partial charge is 0.350 e. The summed E-state index contributed by atoms with van der Waals surface area (Å²) in [7, 11) is 3.60. The molecule has 0 aliphatic carbocycles. The fourth-order valence-electron chi connectivity index (χ4n) is 1.96. The highest BCUT2D eigenvalue weighted by Gasteiger charge is 2.12. The molecule has 2 aromatic rings. The predicted molar refractivity (Wildman–Crippen MR) is 105 cm³/mol. The molecule has 1 atom stereocenters. The van der Waals surface area contributed by atoms with E-state index >= 15 is 0 Å². The summed E-state index contributed by atoms with van der Waals surface area (Å²) in [6.07, 6.45) is 1.66. The number of rotatable bonds is 4. The van der Waals surface area contributed by atoms with Crippen LogP contribution in [0.5, 0.6) is 0 Å². The van der Waals surface area contributed by atoms with Gasteiger partial charge in [-0.1, -0.05) is 29.3 Å². The summed E-state index contributed by atoms with van der Waals surface area (Å²) in [4.78, 5) is 4.20. The van der Waals surface area contributed by atoms with Crippen molar-refractivity contribution in [3.8, 4) is 0 Å². The molecule has 1 heterocycles. The molecule has 0 aliphatic heterocycles. The van der Waals surface area contributed by atoms with Gasteiger partial charge in [0.25, 0.3) is 0 Å². The zero-order valence-corrected chi connectivity index (χ0v) is 16.9. The number of hydrogen-bond acceptors (Lipinski definition) is 3. The van der Waals surface area contributed by atoms with Crippen LogP contribution in [0.3, 0.4) is 0 Å². The average Bonchev–Trinajstić information content (AvgIpc) is 2.88. The maximum atomic E-state index is 6.22. The van der Waals surface area contributed by atoms with Crippen LogP contribution < -0.4 is 10.6 Å². The Hall–Kier alpha value is -1.06. The normalized spacial score (nSPS) is 12.5. The lowest BCUT2D eigenvalue weighted by atomic mass is 10.1. The molecular formula is C14H19Cl2IN6. The first kappa shape index (κ1) is 20.0. The van der Waals surface area contributed by atoms with Crippen molar-refractivity contribution in [2.75, 3.05) is 7.05 Å². The van der Waals surface area contributed by atoms with Crippen molar-refractivity contribution in [3.05, 3.63) is 46.0 Å². The Morgan fingerprint density at radius 3 is 2.70 bits per heavy atom. The van der Waals surface area contributed by atoms with Crippen molar-refractivity contribution >= 4 is 53.1 Å². The second kappa shape index (κ2) is 9.29. The van der Waals surface area contributed by atoms with E-state index in [1.807, 2.05) is 30.7 Å². The number of aryl methyl sites for hydroxylation is 1. The molecule has 9 heteroatoms. The van der Waals surface area contributed by atoms with E-state index in [4.69, 9.17) is 23.2 Å². The number of nitrogens with zero attached hydrogens (tertiary/aromatic N) is 4. The molecule has 0 aliphatic rings. The number of aromatic nitrogens is 3. The summed E-state index contributed by atoms with van der Waals surface area (Å²) < 4.78 is 1.85. The van der Waals surface area contributed by atoms with Gasteiger partial charge in [-0.3, -0.25) is 4.99 Å². The molecule has 1 aromatic heterocycles. The SMILES string of the molecule is CN=C(NCc1nncn1C)NC(C)c1ccc(Cl)cc1Cl.I. The van der Waals surface area contributed by atoms with E-state index in [0.29, 0.717) is 22.5 Å². The van der Waals surface area contributed by atoms with Crippen LogP contribution in [0.15, 0.2) is 29.5 Å². The first-order valence-electron chi connectivity index (χ1n) is 6.76. The van der Waals surface area contributed by atoms with Crippen LogP contribution in [0.25, 0.3) is 0 Å². The van der Waals surface area contributed by atoms with Gasteiger partial charge in [0.2, 0.25) is 0 Å². The molecule has 23 heavy (non-hydrogen) atoms. The van der Waals surface area contributed by atoms with Crippen LogP contribution in [0, 0.1) is 0 Å². The van der Waals surface area contributed by atoms with Crippen LogP contribution >= 0.6 is 47.2 Å². The van der Waals surface area contributed by atoms with Gasteiger partial charge in [0.05, 0.1) is 12.6 Å². The summed E-state index contributed by atoms with van der Waals surface area (Å²) in [5.74, 6) is 1.47. The third-order valence-corrected chi connectivity index (χ3v) is 3.79. The molecule has 1 aromatic carbocycles. The lowest BCUT2D eigenvalue weighted by Crippen LogP contribution is -2.38. The van der Waals surface area contributed by atoms with Crippen molar-refractivity contribution in [1.82, 2.24) is 25.4 Å². The maximum absolute atomic E-state index is 6.22. The second-order valence-corrected chi connectivity index (χ2v) is 5.66. The van der Waals surface area contributed by atoms with Gasteiger partial charge in [0, 0.05) is 24.1 Å². The van der Waals surface area contributed by atoms with Gasteiger partial charge in [-0.15, -0.1) is 34.2 Å². The van der Waals surface area contributed by atoms with Gasteiger partial charge >= 0.3 is 0 Å². The van der Waals surface area contributed by atoms with Gasteiger partial charge in [-0.05, 0) is 24.6 Å². The van der Waals surface area contributed by atoms with Crippen LogP contribution in [-0.2, 0) is 13.6 Å². The quantitative estimate of drug-likeness (QED) is 0.411. The Kier molecular flexibility index (Phi) is 8.07. The van der Waals surface area contributed by atoms with E-state index in [0.717, 1.165) is 11.4 Å². The zero-order chi connectivity index (χ0) is 16.1. The lowest BCUT2D eigenvalue weighted by Gasteiger charge is -2.19. The molecule has 0 saturated heterocycles. The van der Waals surface area contributed by atoms with E-state index < -0.39 is 0 Å². The molecule has 6 nitrogen and oxygen atoms in total. The smallest absolute Gasteiger partial charge is 0.191 e. The Bertz CT molecular complexity index is 673. The van der Waals surface area contributed by atoms with Gasteiger partial charge in [-0.25, -0.2) is 0 Å². The molecule has 0 radical (unpaired) electrons. The van der Waals surface area contributed by atoms with E-state index in [1.54, 1.807) is 19.4 Å². The van der Waals surface area contributed by atoms with Gasteiger partial charge in [0.1, 0.15) is 6.33 Å². The second-order valence-electron chi connectivity index (χ2n) is 4.82. The van der Waals surface area contributed by atoms with E-state index in [2.05, 4.69) is 25.8 Å². The Balaban J connectivity index is 0.00000264. The van der Waals surface area contributed by atoms with Gasteiger partial charge < -0.3 is 15.2 Å². The minimum absolute atomic E-state index is 0. The lowest BCUT2D eigenvalue weighted by molar-refractivity contribution is 0.669. The van der Waals surface area contributed by atoms with Crippen LogP contribution in [-0.4, -0.2) is 27.8 Å². The maximum Gasteiger partial charge on any atom is 0.191 e. The molecule has 2 N–H and O–H groups in total.